The zero-order valence-corrected chi connectivity index (χ0v) is 12.7. The average molecular weight is 334 g/mol. The lowest BCUT2D eigenvalue weighted by Gasteiger charge is -2.09. The van der Waals surface area contributed by atoms with Crippen molar-refractivity contribution in [3.63, 3.8) is 0 Å². The third-order valence-corrected chi connectivity index (χ3v) is 3.34. The third-order valence-electron chi connectivity index (χ3n) is 3.34. The van der Waals surface area contributed by atoms with Gasteiger partial charge in [0.25, 0.3) is 5.91 Å². The molecule has 2 rings (SSSR count). The van der Waals surface area contributed by atoms with E-state index in [9.17, 15) is 18.4 Å². The van der Waals surface area contributed by atoms with E-state index in [0.29, 0.717) is 11.9 Å². The molecule has 24 heavy (non-hydrogen) atoms. The van der Waals surface area contributed by atoms with Gasteiger partial charge in [-0.05, 0) is 29.7 Å². The van der Waals surface area contributed by atoms with Gasteiger partial charge < -0.3 is 16.8 Å². The minimum Gasteiger partial charge on any atom is -0.384 e. The number of rotatable bonds is 6. The number of nitrogens with one attached hydrogen (secondary N) is 1. The number of hydrogen-bond donors (Lipinski definition) is 3. The Morgan fingerprint density at radius 1 is 1.21 bits per heavy atom. The van der Waals surface area contributed by atoms with Crippen molar-refractivity contribution >= 4 is 17.6 Å². The number of halogens is 2. The highest BCUT2D eigenvalue weighted by Crippen LogP contribution is 2.17. The van der Waals surface area contributed by atoms with E-state index in [1.807, 2.05) is 0 Å². The second kappa shape index (κ2) is 7.49. The number of benzene rings is 1. The van der Waals surface area contributed by atoms with Crippen LogP contribution in [0.5, 0.6) is 0 Å². The van der Waals surface area contributed by atoms with Gasteiger partial charge in [-0.25, -0.2) is 13.8 Å². The van der Waals surface area contributed by atoms with Crippen molar-refractivity contribution in [1.29, 1.82) is 0 Å². The lowest BCUT2D eigenvalue weighted by molar-refractivity contribution is -0.121. The predicted molar refractivity (Wildman–Crippen MR) is 83.7 cm³/mol. The van der Waals surface area contributed by atoms with Crippen LogP contribution < -0.4 is 16.8 Å². The molecule has 0 unspecified atom stereocenters. The Hall–Kier alpha value is -3.03. The first-order chi connectivity index (χ1) is 11.4. The number of aromatic nitrogens is 1. The second-order valence-electron chi connectivity index (χ2n) is 5.15. The van der Waals surface area contributed by atoms with Crippen LogP contribution in [-0.2, 0) is 17.8 Å². The number of primary amides is 1. The molecule has 2 amide bonds. The lowest BCUT2D eigenvalue weighted by Crippen LogP contribution is -2.24. The van der Waals surface area contributed by atoms with E-state index in [-0.39, 0.29) is 30.9 Å². The average Bonchev–Trinajstić information content (AvgIpc) is 2.51. The number of anilines is 1. The molecule has 1 heterocycles. The monoisotopic (exact) mass is 334 g/mol. The van der Waals surface area contributed by atoms with E-state index in [1.165, 1.54) is 6.20 Å². The summed E-state index contributed by atoms with van der Waals surface area (Å²) in [5, 5.41) is 2.64. The van der Waals surface area contributed by atoms with Crippen LogP contribution in [0.3, 0.4) is 0 Å². The summed E-state index contributed by atoms with van der Waals surface area (Å²) < 4.78 is 26.9. The molecule has 1 aromatic carbocycles. The van der Waals surface area contributed by atoms with E-state index in [0.717, 1.165) is 11.6 Å². The number of nitrogen functional groups attached to an aromatic ring is 1. The Morgan fingerprint density at radius 2 is 1.96 bits per heavy atom. The van der Waals surface area contributed by atoms with Crippen LogP contribution in [0.4, 0.5) is 14.6 Å². The topological polar surface area (TPSA) is 111 Å². The fourth-order valence-corrected chi connectivity index (χ4v) is 2.18. The van der Waals surface area contributed by atoms with Crippen molar-refractivity contribution in [3.05, 3.63) is 58.8 Å². The SMILES string of the molecule is NC(=O)c1c(F)cc(F)cc1CCC(=O)NCc1ccc(N)nc1. The van der Waals surface area contributed by atoms with Gasteiger partial charge in [0, 0.05) is 25.2 Å². The van der Waals surface area contributed by atoms with Crippen LogP contribution in [0.2, 0.25) is 0 Å². The first-order valence-corrected chi connectivity index (χ1v) is 7.11. The van der Waals surface area contributed by atoms with Crippen LogP contribution in [-0.4, -0.2) is 16.8 Å². The van der Waals surface area contributed by atoms with Crippen molar-refractivity contribution < 1.29 is 18.4 Å². The molecule has 5 N–H and O–H groups in total. The molecule has 0 aliphatic carbocycles. The number of carbonyl (C=O) groups is 2. The number of nitrogens with two attached hydrogens (primary N) is 2. The van der Waals surface area contributed by atoms with Gasteiger partial charge in [-0.1, -0.05) is 6.07 Å². The second-order valence-corrected chi connectivity index (χ2v) is 5.15. The fraction of sp³-hybridized carbons (Fsp3) is 0.188. The van der Waals surface area contributed by atoms with E-state index < -0.39 is 23.1 Å². The van der Waals surface area contributed by atoms with Crippen molar-refractivity contribution in [3.8, 4) is 0 Å². The molecule has 0 aliphatic heterocycles. The Balaban J connectivity index is 1.96. The minimum absolute atomic E-state index is 0.0151. The van der Waals surface area contributed by atoms with Crippen LogP contribution in [0, 0.1) is 11.6 Å². The molecule has 0 spiro atoms. The zero-order valence-electron chi connectivity index (χ0n) is 12.7. The summed E-state index contributed by atoms with van der Waals surface area (Å²) in [6.07, 6.45) is 1.47. The first-order valence-electron chi connectivity index (χ1n) is 7.11. The zero-order chi connectivity index (χ0) is 17.7. The Bertz CT molecular complexity index is 763. The quantitative estimate of drug-likeness (QED) is 0.739. The molecule has 0 saturated carbocycles. The molecule has 2 aromatic rings. The van der Waals surface area contributed by atoms with E-state index in [4.69, 9.17) is 11.5 Å². The van der Waals surface area contributed by atoms with Crippen molar-refractivity contribution in [2.24, 2.45) is 5.73 Å². The van der Waals surface area contributed by atoms with Crippen molar-refractivity contribution in [1.82, 2.24) is 10.3 Å². The van der Waals surface area contributed by atoms with Gasteiger partial charge in [0.15, 0.2) is 0 Å². The highest BCUT2D eigenvalue weighted by atomic mass is 19.1. The Morgan fingerprint density at radius 3 is 2.58 bits per heavy atom. The van der Waals surface area contributed by atoms with Crippen molar-refractivity contribution in [2.45, 2.75) is 19.4 Å². The fourth-order valence-electron chi connectivity index (χ4n) is 2.18. The summed E-state index contributed by atoms with van der Waals surface area (Å²) in [4.78, 5) is 27.0. The summed E-state index contributed by atoms with van der Waals surface area (Å²) in [6.45, 7) is 0.242. The van der Waals surface area contributed by atoms with E-state index in [1.54, 1.807) is 12.1 Å². The van der Waals surface area contributed by atoms with Gasteiger partial charge in [0.2, 0.25) is 5.91 Å². The van der Waals surface area contributed by atoms with Crippen LogP contribution in [0.25, 0.3) is 0 Å². The minimum atomic E-state index is -1.04. The Labute approximate surface area is 136 Å². The van der Waals surface area contributed by atoms with Gasteiger partial charge >= 0.3 is 0 Å². The van der Waals surface area contributed by atoms with Crippen LogP contribution >= 0.6 is 0 Å². The normalized spacial score (nSPS) is 10.4. The molecule has 0 fully saturated rings. The number of pyridine rings is 1. The molecule has 0 saturated heterocycles. The highest BCUT2D eigenvalue weighted by Gasteiger charge is 2.17. The molecule has 0 atom stereocenters. The van der Waals surface area contributed by atoms with Crippen LogP contribution in [0.15, 0.2) is 30.5 Å². The largest absolute Gasteiger partial charge is 0.384 e. The summed E-state index contributed by atoms with van der Waals surface area (Å²) in [7, 11) is 0. The summed E-state index contributed by atoms with van der Waals surface area (Å²) in [5.41, 5.74) is 11.0. The number of aryl methyl sites for hydroxylation is 1. The predicted octanol–water partition coefficient (Wildman–Crippen LogP) is 1.29. The van der Waals surface area contributed by atoms with Crippen molar-refractivity contribution in [2.75, 3.05) is 5.73 Å². The maximum absolute atomic E-state index is 13.6. The summed E-state index contributed by atoms with van der Waals surface area (Å²) >= 11 is 0. The lowest BCUT2D eigenvalue weighted by atomic mass is 10.0. The van der Waals surface area contributed by atoms with Gasteiger partial charge in [-0.15, -0.1) is 0 Å². The molecule has 1 aromatic heterocycles. The third kappa shape index (κ3) is 4.48. The number of amides is 2. The molecule has 126 valence electrons. The number of nitrogens with zero attached hydrogens (tertiary/aromatic N) is 1. The maximum Gasteiger partial charge on any atom is 0.251 e. The van der Waals surface area contributed by atoms with Gasteiger partial charge in [-0.2, -0.15) is 0 Å². The smallest absolute Gasteiger partial charge is 0.251 e. The molecule has 0 aliphatic rings. The molecule has 0 bridgehead atoms. The first kappa shape index (κ1) is 17.3. The molecule has 0 radical (unpaired) electrons. The summed E-state index contributed by atoms with van der Waals surface area (Å²) in [5.74, 6) is -2.84. The van der Waals surface area contributed by atoms with Crippen LogP contribution in [0.1, 0.15) is 27.9 Å². The van der Waals surface area contributed by atoms with Gasteiger partial charge in [0.1, 0.15) is 17.5 Å². The van der Waals surface area contributed by atoms with E-state index in [2.05, 4.69) is 10.3 Å². The van der Waals surface area contributed by atoms with E-state index >= 15 is 0 Å². The Kier molecular flexibility index (Phi) is 5.41. The number of hydrogen-bond acceptors (Lipinski definition) is 4. The molecular formula is C16H16F2N4O2. The highest BCUT2D eigenvalue weighted by molar-refractivity contribution is 5.94. The summed E-state index contributed by atoms with van der Waals surface area (Å²) in [6, 6.07) is 4.91. The molecule has 8 heteroatoms. The van der Waals surface area contributed by atoms with Gasteiger partial charge in [0.05, 0.1) is 5.56 Å². The maximum atomic E-state index is 13.6. The standard InChI is InChI=1S/C16H16F2N4O2/c17-11-5-10(15(16(20)24)12(18)6-11)2-4-14(23)22-8-9-1-3-13(19)21-7-9/h1,3,5-7H,2,4,8H2,(H2,19,21)(H2,20,24)(H,22,23). The molecule has 6 nitrogen and oxygen atoms in total. The molecular weight excluding hydrogens is 318 g/mol. The number of carbonyl (C=O) groups excluding carboxylic acids is 2. The van der Waals surface area contributed by atoms with Gasteiger partial charge in [-0.3, -0.25) is 9.59 Å².